The maximum absolute atomic E-state index is 13.7. The fraction of sp³-hybridized carbons (Fsp3) is 1.00. The smallest absolute Gasteiger partial charge is 0.104 e. The van der Waals surface area contributed by atoms with Crippen LogP contribution in [-0.2, 0) is 0 Å². The zero-order valence-corrected chi connectivity index (χ0v) is 9.92. The summed E-state index contributed by atoms with van der Waals surface area (Å²) < 4.78 is 13.7. The molecule has 1 heterocycles. The molecule has 0 bridgehead atoms. The Labute approximate surface area is 93.0 Å². The average molecular weight is 213 g/mol. The van der Waals surface area contributed by atoms with Crippen LogP contribution in [0.25, 0.3) is 0 Å². The number of alkyl halides is 1. The number of halogens is 1. The monoisotopic (exact) mass is 213 g/mol. The number of nitrogens with zero attached hydrogens (tertiary/aromatic N) is 1. The van der Waals surface area contributed by atoms with Crippen molar-refractivity contribution in [1.29, 1.82) is 0 Å². The molecule has 2 fully saturated rings. The van der Waals surface area contributed by atoms with Gasteiger partial charge in [0, 0.05) is 19.0 Å². The van der Waals surface area contributed by atoms with Crippen molar-refractivity contribution in [3.05, 3.63) is 0 Å². The van der Waals surface area contributed by atoms with Gasteiger partial charge < -0.3 is 4.90 Å². The lowest BCUT2D eigenvalue weighted by Gasteiger charge is -2.36. The third kappa shape index (κ3) is 3.17. The molecule has 2 heteroatoms. The predicted molar refractivity (Wildman–Crippen MR) is 61.7 cm³/mol. The normalized spacial score (nSPS) is 39.2. The highest BCUT2D eigenvalue weighted by molar-refractivity contribution is 4.80. The summed E-state index contributed by atoms with van der Waals surface area (Å²) >= 11 is 0. The van der Waals surface area contributed by atoms with Crippen molar-refractivity contribution < 1.29 is 4.39 Å². The summed E-state index contributed by atoms with van der Waals surface area (Å²) in [7, 11) is 0. The molecular weight excluding hydrogens is 189 g/mol. The van der Waals surface area contributed by atoms with E-state index in [4.69, 9.17) is 0 Å². The van der Waals surface area contributed by atoms with Crippen molar-refractivity contribution in [3.63, 3.8) is 0 Å². The summed E-state index contributed by atoms with van der Waals surface area (Å²) in [4.78, 5) is 2.50. The molecule has 1 aliphatic carbocycles. The van der Waals surface area contributed by atoms with E-state index < -0.39 is 6.17 Å². The van der Waals surface area contributed by atoms with E-state index in [-0.39, 0.29) is 0 Å². The Hall–Kier alpha value is -0.110. The first-order valence-electron chi connectivity index (χ1n) is 6.62. The van der Waals surface area contributed by atoms with Gasteiger partial charge in [-0.1, -0.05) is 19.8 Å². The van der Waals surface area contributed by atoms with Gasteiger partial charge in [-0.25, -0.2) is 4.39 Å². The van der Waals surface area contributed by atoms with Gasteiger partial charge in [0.05, 0.1) is 0 Å². The lowest BCUT2D eigenvalue weighted by molar-refractivity contribution is 0.0924. The number of likely N-dealkylation sites (tertiary alicyclic amines) is 1. The molecule has 2 aliphatic rings. The van der Waals surface area contributed by atoms with Crippen LogP contribution in [0.4, 0.5) is 4.39 Å². The molecule has 0 radical (unpaired) electrons. The standard InChI is InChI=1S/C13H24FN/c1-11-5-4-8-15(9-11)10-12-6-2-3-7-13(12)14/h11-13H,2-10H2,1H3. The molecule has 3 unspecified atom stereocenters. The van der Waals surface area contributed by atoms with Crippen molar-refractivity contribution in [1.82, 2.24) is 4.90 Å². The van der Waals surface area contributed by atoms with Crippen LogP contribution >= 0.6 is 0 Å². The fourth-order valence-corrected chi connectivity index (χ4v) is 3.15. The molecule has 3 atom stereocenters. The van der Waals surface area contributed by atoms with Crippen molar-refractivity contribution >= 4 is 0 Å². The van der Waals surface area contributed by atoms with Crippen LogP contribution in [0.5, 0.6) is 0 Å². The zero-order valence-electron chi connectivity index (χ0n) is 9.92. The maximum atomic E-state index is 13.7. The first-order valence-corrected chi connectivity index (χ1v) is 6.62. The fourth-order valence-electron chi connectivity index (χ4n) is 3.15. The highest BCUT2D eigenvalue weighted by Gasteiger charge is 2.27. The van der Waals surface area contributed by atoms with E-state index in [2.05, 4.69) is 11.8 Å². The molecule has 2 rings (SSSR count). The van der Waals surface area contributed by atoms with Gasteiger partial charge >= 0.3 is 0 Å². The Morgan fingerprint density at radius 1 is 1.13 bits per heavy atom. The van der Waals surface area contributed by atoms with E-state index in [1.54, 1.807) is 0 Å². The SMILES string of the molecule is CC1CCCN(CC2CCCCC2F)C1. The van der Waals surface area contributed by atoms with Crippen molar-refractivity contribution in [2.45, 2.75) is 51.6 Å². The summed E-state index contributed by atoms with van der Waals surface area (Å²) in [5, 5.41) is 0. The van der Waals surface area contributed by atoms with Crippen LogP contribution in [0.15, 0.2) is 0 Å². The molecule has 88 valence electrons. The van der Waals surface area contributed by atoms with Crippen LogP contribution in [0.2, 0.25) is 0 Å². The van der Waals surface area contributed by atoms with Gasteiger partial charge in [0.15, 0.2) is 0 Å². The van der Waals surface area contributed by atoms with Gasteiger partial charge in [-0.3, -0.25) is 0 Å². The first-order chi connectivity index (χ1) is 7.25. The van der Waals surface area contributed by atoms with Gasteiger partial charge in [0.1, 0.15) is 6.17 Å². The largest absolute Gasteiger partial charge is 0.303 e. The van der Waals surface area contributed by atoms with Crippen molar-refractivity contribution in [3.8, 4) is 0 Å². The van der Waals surface area contributed by atoms with Gasteiger partial charge in [0.2, 0.25) is 0 Å². The number of hydrogen-bond donors (Lipinski definition) is 0. The Bertz CT molecular complexity index is 195. The molecule has 0 spiro atoms. The molecule has 15 heavy (non-hydrogen) atoms. The third-order valence-electron chi connectivity index (χ3n) is 4.05. The van der Waals surface area contributed by atoms with Crippen LogP contribution in [0, 0.1) is 11.8 Å². The summed E-state index contributed by atoms with van der Waals surface area (Å²) in [6.07, 6.45) is 6.43. The van der Waals surface area contributed by atoms with E-state index in [0.717, 1.165) is 31.7 Å². The van der Waals surface area contributed by atoms with Gasteiger partial charge in [-0.05, 0) is 38.1 Å². The van der Waals surface area contributed by atoms with Crippen LogP contribution < -0.4 is 0 Å². The molecule has 0 aromatic rings. The quantitative estimate of drug-likeness (QED) is 0.680. The predicted octanol–water partition coefficient (Wildman–Crippen LogP) is 3.25. The van der Waals surface area contributed by atoms with Gasteiger partial charge in [0.25, 0.3) is 0 Å². The topological polar surface area (TPSA) is 3.24 Å². The number of hydrogen-bond acceptors (Lipinski definition) is 1. The Kier molecular flexibility index (Phi) is 4.01. The first kappa shape index (κ1) is 11.4. The second-order valence-corrected chi connectivity index (χ2v) is 5.57. The Balaban J connectivity index is 1.79. The van der Waals surface area contributed by atoms with Crippen molar-refractivity contribution in [2.24, 2.45) is 11.8 Å². The van der Waals surface area contributed by atoms with E-state index in [0.29, 0.717) is 5.92 Å². The van der Waals surface area contributed by atoms with Crippen LogP contribution in [0.1, 0.15) is 45.4 Å². The molecule has 1 aliphatic heterocycles. The van der Waals surface area contributed by atoms with E-state index >= 15 is 0 Å². The number of piperidine rings is 1. The van der Waals surface area contributed by atoms with Gasteiger partial charge in [-0.2, -0.15) is 0 Å². The van der Waals surface area contributed by atoms with E-state index in [1.165, 1.54) is 32.4 Å². The summed E-state index contributed by atoms with van der Waals surface area (Å²) in [6.45, 7) is 5.74. The molecule has 1 saturated heterocycles. The minimum Gasteiger partial charge on any atom is -0.303 e. The molecule has 0 aromatic heterocycles. The average Bonchev–Trinajstić information content (AvgIpc) is 2.22. The van der Waals surface area contributed by atoms with E-state index in [9.17, 15) is 4.39 Å². The second kappa shape index (κ2) is 5.29. The lowest BCUT2D eigenvalue weighted by atomic mass is 9.86. The van der Waals surface area contributed by atoms with Gasteiger partial charge in [-0.15, -0.1) is 0 Å². The van der Waals surface area contributed by atoms with E-state index in [1.807, 2.05) is 0 Å². The van der Waals surface area contributed by atoms with Crippen molar-refractivity contribution in [2.75, 3.05) is 19.6 Å². The number of rotatable bonds is 2. The van der Waals surface area contributed by atoms with Crippen LogP contribution in [-0.4, -0.2) is 30.7 Å². The minimum absolute atomic E-state index is 0.337. The molecular formula is C13H24FN. The van der Waals surface area contributed by atoms with Crippen LogP contribution in [0.3, 0.4) is 0 Å². The molecule has 0 aromatic carbocycles. The summed E-state index contributed by atoms with van der Waals surface area (Å²) in [5.74, 6) is 1.16. The Morgan fingerprint density at radius 3 is 2.67 bits per heavy atom. The molecule has 1 saturated carbocycles. The highest BCUT2D eigenvalue weighted by Crippen LogP contribution is 2.28. The summed E-state index contributed by atoms with van der Waals surface area (Å²) in [6, 6.07) is 0. The summed E-state index contributed by atoms with van der Waals surface area (Å²) in [5.41, 5.74) is 0. The third-order valence-corrected chi connectivity index (χ3v) is 4.05. The lowest BCUT2D eigenvalue weighted by Crippen LogP contribution is -2.40. The molecule has 0 amide bonds. The highest BCUT2D eigenvalue weighted by atomic mass is 19.1. The minimum atomic E-state index is -0.518. The second-order valence-electron chi connectivity index (χ2n) is 5.57. The zero-order chi connectivity index (χ0) is 10.7. The maximum Gasteiger partial charge on any atom is 0.104 e. The molecule has 0 N–H and O–H groups in total. The molecule has 1 nitrogen and oxygen atoms in total. The Morgan fingerprint density at radius 2 is 1.93 bits per heavy atom.